The first kappa shape index (κ1) is 15.8. The fourth-order valence-electron chi connectivity index (χ4n) is 2.31. The van der Waals surface area contributed by atoms with Crippen LogP contribution < -0.4 is 10.1 Å². The molecule has 0 heterocycles. The molecule has 112 valence electrons. The molecule has 1 unspecified atom stereocenters. The van der Waals surface area contributed by atoms with Crippen LogP contribution in [0.15, 0.2) is 34.8 Å². The van der Waals surface area contributed by atoms with Crippen molar-refractivity contribution in [2.75, 3.05) is 12.4 Å². The van der Waals surface area contributed by atoms with E-state index < -0.39 is 0 Å². The van der Waals surface area contributed by atoms with Crippen LogP contribution in [0, 0.1) is 19.7 Å². The highest BCUT2D eigenvalue weighted by Gasteiger charge is 2.11. The molecule has 2 nitrogen and oxygen atoms in total. The van der Waals surface area contributed by atoms with E-state index in [1.165, 1.54) is 24.3 Å². The molecule has 0 aliphatic rings. The van der Waals surface area contributed by atoms with Crippen LogP contribution in [0.3, 0.4) is 0 Å². The second-order valence-corrected chi connectivity index (χ2v) is 5.98. The van der Waals surface area contributed by atoms with Gasteiger partial charge in [-0.25, -0.2) is 4.39 Å². The van der Waals surface area contributed by atoms with Crippen LogP contribution in [0.5, 0.6) is 5.75 Å². The third-order valence-corrected chi connectivity index (χ3v) is 4.75. The molecule has 2 rings (SSSR count). The van der Waals surface area contributed by atoms with Gasteiger partial charge < -0.3 is 10.1 Å². The number of aryl methyl sites for hydroxylation is 2. The molecule has 0 spiro atoms. The topological polar surface area (TPSA) is 21.3 Å². The van der Waals surface area contributed by atoms with Crippen molar-refractivity contribution in [1.82, 2.24) is 0 Å². The largest absolute Gasteiger partial charge is 0.494 e. The Morgan fingerprint density at radius 3 is 2.29 bits per heavy atom. The Balaban J connectivity index is 2.21. The standard InChI is InChI=1S/C17H19BrFNO/c1-10-7-14(8-11(2)17(10)18)20-12(3)13-5-6-16(21-4)15(19)9-13/h5-9,12,20H,1-4H3. The van der Waals surface area contributed by atoms with Crippen molar-refractivity contribution in [3.8, 4) is 5.75 Å². The Labute approximate surface area is 133 Å². The number of nitrogens with one attached hydrogen (secondary N) is 1. The lowest BCUT2D eigenvalue weighted by Gasteiger charge is -2.18. The van der Waals surface area contributed by atoms with Crippen molar-refractivity contribution in [2.45, 2.75) is 26.8 Å². The summed E-state index contributed by atoms with van der Waals surface area (Å²) in [6.45, 7) is 6.12. The Bertz CT molecular complexity index is 634. The van der Waals surface area contributed by atoms with Crippen LogP contribution in [0.2, 0.25) is 0 Å². The average Bonchev–Trinajstić information content (AvgIpc) is 2.44. The molecular weight excluding hydrogens is 333 g/mol. The van der Waals surface area contributed by atoms with E-state index in [9.17, 15) is 4.39 Å². The van der Waals surface area contributed by atoms with E-state index in [-0.39, 0.29) is 17.6 Å². The van der Waals surface area contributed by atoms with Crippen LogP contribution in [0.1, 0.15) is 29.7 Å². The molecule has 2 aromatic carbocycles. The fourth-order valence-corrected chi connectivity index (χ4v) is 2.54. The normalized spacial score (nSPS) is 12.1. The molecule has 21 heavy (non-hydrogen) atoms. The first-order chi connectivity index (χ1) is 9.92. The highest BCUT2D eigenvalue weighted by molar-refractivity contribution is 9.10. The third-order valence-electron chi connectivity index (χ3n) is 3.50. The molecule has 0 radical (unpaired) electrons. The Kier molecular flexibility index (Phi) is 4.88. The van der Waals surface area contributed by atoms with Crippen molar-refractivity contribution in [3.05, 3.63) is 57.3 Å². The van der Waals surface area contributed by atoms with Gasteiger partial charge in [0, 0.05) is 16.2 Å². The molecule has 0 fully saturated rings. The summed E-state index contributed by atoms with van der Waals surface area (Å²) < 4.78 is 19.8. The summed E-state index contributed by atoms with van der Waals surface area (Å²) in [5.74, 6) is -0.0758. The van der Waals surface area contributed by atoms with Crippen LogP contribution in [0.25, 0.3) is 0 Å². The van der Waals surface area contributed by atoms with Crippen LogP contribution in [-0.2, 0) is 0 Å². The van der Waals surface area contributed by atoms with Crippen molar-refractivity contribution >= 4 is 21.6 Å². The van der Waals surface area contributed by atoms with E-state index in [4.69, 9.17) is 4.74 Å². The maximum absolute atomic E-state index is 13.8. The van der Waals surface area contributed by atoms with Gasteiger partial charge in [-0.1, -0.05) is 22.0 Å². The van der Waals surface area contributed by atoms with E-state index in [0.717, 1.165) is 15.7 Å². The molecule has 0 amide bonds. The average molecular weight is 352 g/mol. The summed E-state index contributed by atoms with van der Waals surface area (Å²) in [5.41, 5.74) is 4.25. The number of benzene rings is 2. The molecule has 0 saturated heterocycles. The van der Waals surface area contributed by atoms with Crippen molar-refractivity contribution in [3.63, 3.8) is 0 Å². The van der Waals surface area contributed by atoms with E-state index >= 15 is 0 Å². The van der Waals surface area contributed by atoms with Gasteiger partial charge in [-0.05, 0) is 61.7 Å². The zero-order valence-electron chi connectivity index (χ0n) is 12.6. The second kappa shape index (κ2) is 6.48. The van der Waals surface area contributed by atoms with E-state index in [0.29, 0.717) is 0 Å². The quantitative estimate of drug-likeness (QED) is 0.797. The summed E-state index contributed by atoms with van der Waals surface area (Å²) in [5, 5.41) is 3.40. The van der Waals surface area contributed by atoms with E-state index in [1.807, 2.05) is 13.0 Å². The summed E-state index contributed by atoms with van der Waals surface area (Å²) in [6.07, 6.45) is 0. The maximum atomic E-state index is 13.8. The summed E-state index contributed by atoms with van der Waals surface area (Å²) >= 11 is 3.56. The molecule has 0 aliphatic heterocycles. The molecule has 0 bridgehead atoms. The van der Waals surface area contributed by atoms with E-state index in [2.05, 4.69) is 47.2 Å². The Hall–Kier alpha value is -1.55. The lowest BCUT2D eigenvalue weighted by Crippen LogP contribution is -2.07. The van der Waals surface area contributed by atoms with Gasteiger partial charge in [0.05, 0.1) is 7.11 Å². The van der Waals surface area contributed by atoms with Gasteiger partial charge in [0.15, 0.2) is 11.6 Å². The molecule has 4 heteroatoms. The summed E-state index contributed by atoms with van der Waals surface area (Å²) in [4.78, 5) is 0. The molecule has 0 saturated carbocycles. The van der Waals surface area contributed by atoms with Crippen molar-refractivity contribution in [1.29, 1.82) is 0 Å². The number of ether oxygens (including phenoxy) is 1. The Morgan fingerprint density at radius 1 is 1.14 bits per heavy atom. The van der Waals surface area contributed by atoms with Crippen molar-refractivity contribution < 1.29 is 9.13 Å². The zero-order chi connectivity index (χ0) is 15.6. The minimum atomic E-state index is -0.341. The minimum Gasteiger partial charge on any atom is -0.494 e. The molecule has 2 aromatic rings. The van der Waals surface area contributed by atoms with Crippen molar-refractivity contribution in [2.24, 2.45) is 0 Å². The summed E-state index contributed by atoms with van der Waals surface area (Å²) in [6, 6.07) is 9.19. The highest BCUT2D eigenvalue weighted by Crippen LogP contribution is 2.28. The number of anilines is 1. The second-order valence-electron chi connectivity index (χ2n) is 5.18. The lowest BCUT2D eigenvalue weighted by atomic mass is 10.1. The number of rotatable bonds is 4. The van der Waals surface area contributed by atoms with Crippen LogP contribution in [-0.4, -0.2) is 7.11 Å². The number of methoxy groups -OCH3 is 1. The smallest absolute Gasteiger partial charge is 0.165 e. The molecule has 0 aromatic heterocycles. The Morgan fingerprint density at radius 2 is 1.76 bits per heavy atom. The van der Waals surface area contributed by atoms with Crippen LogP contribution >= 0.6 is 15.9 Å². The summed E-state index contributed by atoms with van der Waals surface area (Å²) in [7, 11) is 1.47. The predicted octanol–water partition coefficient (Wildman–Crippen LogP) is 5.39. The lowest BCUT2D eigenvalue weighted by molar-refractivity contribution is 0.386. The monoisotopic (exact) mass is 351 g/mol. The van der Waals surface area contributed by atoms with Gasteiger partial charge in [0.25, 0.3) is 0 Å². The van der Waals surface area contributed by atoms with Crippen LogP contribution in [0.4, 0.5) is 10.1 Å². The maximum Gasteiger partial charge on any atom is 0.165 e. The van der Waals surface area contributed by atoms with Gasteiger partial charge in [-0.3, -0.25) is 0 Å². The molecule has 1 atom stereocenters. The minimum absolute atomic E-state index is 0.00498. The van der Waals surface area contributed by atoms with Gasteiger partial charge in [-0.2, -0.15) is 0 Å². The third kappa shape index (κ3) is 3.56. The van der Waals surface area contributed by atoms with Gasteiger partial charge in [-0.15, -0.1) is 0 Å². The SMILES string of the molecule is COc1ccc(C(C)Nc2cc(C)c(Br)c(C)c2)cc1F. The first-order valence-electron chi connectivity index (χ1n) is 6.79. The number of halogens is 2. The number of hydrogen-bond donors (Lipinski definition) is 1. The van der Waals surface area contributed by atoms with E-state index in [1.54, 1.807) is 6.07 Å². The van der Waals surface area contributed by atoms with Gasteiger partial charge in [0.1, 0.15) is 0 Å². The highest BCUT2D eigenvalue weighted by atomic mass is 79.9. The fraction of sp³-hybridized carbons (Fsp3) is 0.294. The zero-order valence-corrected chi connectivity index (χ0v) is 14.2. The molecule has 1 N–H and O–H groups in total. The predicted molar refractivity (Wildman–Crippen MR) is 88.6 cm³/mol. The molecular formula is C17H19BrFNO. The van der Waals surface area contributed by atoms with Gasteiger partial charge in [0.2, 0.25) is 0 Å². The number of hydrogen-bond acceptors (Lipinski definition) is 2. The van der Waals surface area contributed by atoms with Gasteiger partial charge >= 0.3 is 0 Å². The first-order valence-corrected chi connectivity index (χ1v) is 7.58. The molecule has 0 aliphatic carbocycles.